The number of carbonyl (C=O) groups is 2. The van der Waals surface area contributed by atoms with Gasteiger partial charge in [-0.15, -0.1) is 0 Å². The summed E-state index contributed by atoms with van der Waals surface area (Å²) < 4.78 is 0. The topological polar surface area (TPSA) is 113 Å². The van der Waals surface area contributed by atoms with Gasteiger partial charge in [0.2, 0.25) is 0 Å². The number of aromatic amines is 1. The summed E-state index contributed by atoms with van der Waals surface area (Å²) in [6.45, 7) is 0. The molecule has 2 aromatic carbocycles. The number of fused-ring (bicyclic) bond motifs is 1. The average Bonchev–Trinajstić information content (AvgIpc) is 3.12. The van der Waals surface area contributed by atoms with Gasteiger partial charge in [-0.05, 0) is 53.4 Å². The Morgan fingerprint density at radius 3 is 2.54 bits per heavy atom. The molecule has 0 unspecified atom stereocenters. The molecule has 7 nitrogen and oxygen atoms in total. The molecule has 1 aromatic heterocycles. The second kappa shape index (κ2) is 8.13. The highest BCUT2D eigenvalue weighted by Gasteiger charge is 2.12. The van der Waals surface area contributed by atoms with Gasteiger partial charge in [-0.3, -0.25) is 19.7 Å². The minimum absolute atomic E-state index is 0.0839. The number of hydrogen-bond acceptors (Lipinski definition) is 5. The lowest BCUT2D eigenvalue weighted by Gasteiger charge is -1.98. The van der Waals surface area contributed by atoms with Crippen LogP contribution in [0.2, 0.25) is 0 Å². The highest BCUT2D eigenvalue weighted by atomic mass is 16.6. The van der Waals surface area contributed by atoms with Gasteiger partial charge in [0.15, 0.2) is 11.6 Å². The first-order chi connectivity index (χ1) is 13.4. The van der Waals surface area contributed by atoms with Crippen molar-refractivity contribution in [3.63, 3.8) is 0 Å². The Balaban J connectivity index is 1.64. The molecule has 2 N–H and O–H groups in total. The number of phenols is 1. The molecule has 0 radical (unpaired) electrons. The van der Waals surface area contributed by atoms with E-state index in [0.29, 0.717) is 0 Å². The maximum Gasteiger partial charge on any atom is 0.276 e. The summed E-state index contributed by atoms with van der Waals surface area (Å²) in [6, 6.07) is 11.1. The molecule has 0 saturated carbocycles. The van der Waals surface area contributed by atoms with Crippen molar-refractivity contribution in [2.24, 2.45) is 0 Å². The van der Waals surface area contributed by atoms with Crippen LogP contribution in [-0.2, 0) is 9.59 Å². The van der Waals surface area contributed by atoms with Gasteiger partial charge in [-0.2, -0.15) is 0 Å². The molecule has 0 aliphatic heterocycles. The molecule has 3 rings (SSSR count). The Morgan fingerprint density at radius 1 is 1.04 bits per heavy atom. The molecule has 0 fully saturated rings. The molecule has 0 saturated heterocycles. The molecule has 0 bridgehead atoms. The highest BCUT2D eigenvalue weighted by molar-refractivity contribution is 6.11. The molecule has 140 valence electrons. The van der Waals surface area contributed by atoms with Crippen LogP contribution < -0.4 is 0 Å². The van der Waals surface area contributed by atoms with E-state index in [-0.39, 0.29) is 29.2 Å². The third-order valence-corrected chi connectivity index (χ3v) is 4.05. The predicted molar refractivity (Wildman–Crippen MR) is 106 cm³/mol. The van der Waals surface area contributed by atoms with Crippen LogP contribution in [0.3, 0.4) is 0 Å². The number of H-pyrrole nitrogens is 1. The largest absolute Gasteiger partial charge is 0.508 e. The van der Waals surface area contributed by atoms with Crippen molar-refractivity contribution < 1.29 is 19.6 Å². The van der Waals surface area contributed by atoms with Crippen LogP contribution in [0, 0.1) is 10.1 Å². The van der Waals surface area contributed by atoms with Crippen molar-refractivity contribution >= 4 is 40.3 Å². The van der Waals surface area contributed by atoms with Gasteiger partial charge in [0.25, 0.3) is 5.69 Å². The van der Waals surface area contributed by atoms with Crippen LogP contribution in [0.5, 0.6) is 5.75 Å². The number of nitrogens with zero attached hydrogens (tertiary/aromatic N) is 1. The molecule has 7 heteroatoms. The number of rotatable bonds is 7. The van der Waals surface area contributed by atoms with Gasteiger partial charge in [-0.25, -0.2) is 0 Å². The Morgan fingerprint density at radius 2 is 1.79 bits per heavy atom. The Bertz CT molecular complexity index is 1120. The first kappa shape index (κ1) is 18.8. The zero-order chi connectivity index (χ0) is 20.1. The highest BCUT2D eigenvalue weighted by Crippen LogP contribution is 2.24. The molecule has 3 aromatic rings. The molecule has 0 atom stereocenters. The lowest BCUT2D eigenvalue weighted by atomic mass is 10.1. The fraction of sp³-hybridized carbons (Fsp3) is 0.0476. The van der Waals surface area contributed by atoms with E-state index in [1.807, 2.05) is 30.5 Å². The van der Waals surface area contributed by atoms with Crippen LogP contribution in [0.25, 0.3) is 23.1 Å². The number of aromatic hydroxyl groups is 1. The average molecular weight is 376 g/mol. The number of nitrogens with one attached hydrogen (secondary N) is 1. The Hall–Kier alpha value is -4.00. The molecular formula is C21H16N2O5. The van der Waals surface area contributed by atoms with Crippen molar-refractivity contribution in [1.29, 1.82) is 0 Å². The summed E-state index contributed by atoms with van der Waals surface area (Å²) in [5.74, 6) is -1.03. The summed E-state index contributed by atoms with van der Waals surface area (Å²) >= 11 is 0. The van der Waals surface area contributed by atoms with E-state index in [1.165, 1.54) is 24.3 Å². The number of ketones is 2. The van der Waals surface area contributed by atoms with Gasteiger partial charge in [0.05, 0.1) is 16.9 Å². The molecule has 0 amide bonds. The summed E-state index contributed by atoms with van der Waals surface area (Å²) in [5.41, 5.74) is 1.61. The molecule has 1 heterocycles. The number of hydrogen-bond donors (Lipinski definition) is 2. The predicted octanol–water partition coefficient (Wildman–Crippen LogP) is 4.04. The van der Waals surface area contributed by atoms with Gasteiger partial charge in [-0.1, -0.05) is 18.2 Å². The molecule has 0 spiro atoms. The van der Waals surface area contributed by atoms with E-state index in [0.717, 1.165) is 28.6 Å². The second-order valence-electron chi connectivity index (χ2n) is 6.10. The lowest BCUT2D eigenvalue weighted by molar-refractivity contribution is -0.385. The summed E-state index contributed by atoms with van der Waals surface area (Å²) in [4.78, 5) is 37.4. The molecular weight excluding hydrogens is 360 g/mol. The van der Waals surface area contributed by atoms with Crippen LogP contribution in [0.15, 0.2) is 60.8 Å². The number of carbonyl (C=O) groups excluding carboxylic acids is 2. The van der Waals surface area contributed by atoms with Crippen LogP contribution in [0.1, 0.15) is 17.5 Å². The Labute approximate surface area is 159 Å². The van der Waals surface area contributed by atoms with E-state index >= 15 is 0 Å². The van der Waals surface area contributed by atoms with Crippen molar-refractivity contribution in [3.8, 4) is 5.75 Å². The molecule has 0 aliphatic carbocycles. The zero-order valence-electron chi connectivity index (χ0n) is 14.7. The SMILES string of the molecule is O=C(C=Cc1ccc2cc[nH]c2c1)CC(=O)C=Cc1cc(O)ccc1[N+](=O)[O-]. The maximum absolute atomic E-state index is 12.0. The van der Waals surface area contributed by atoms with E-state index in [1.54, 1.807) is 6.08 Å². The van der Waals surface area contributed by atoms with E-state index in [9.17, 15) is 24.8 Å². The monoisotopic (exact) mass is 376 g/mol. The Kier molecular flexibility index (Phi) is 5.45. The quantitative estimate of drug-likeness (QED) is 0.280. The summed E-state index contributed by atoms with van der Waals surface area (Å²) in [7, 11) is 0. The van der Waals surface area contributed by atoms with Crippen molar-refractivity contribution in [1.82, 2.24) is 4.98 Å². The lowest BCUT2D eigenvalue weighted by Crippen LogP contribution is -2.02. The number of nitro groups is 1. The minimum Gasteiger partial charge on any atom is -0.508 e. The minimum atomic E-state index is -0.613. The molecule has 0 aliphatic rings. The van der Waals surface area contributed by atoms with Crippen LogP contribution >= 0.6 is 0 Å². The van der Waals surface area contributed by atoms with Crippen molar-refractivity contribution in [3.05, 3.63) is 82.1 Å². The number of nitro benzene ring substituents is 1. The summed E-state index contributed by atoms with van der Waals surface area (Å²) in [5, 5.41) is 21.5. The third kappa shape index (κ3) is 4.59. The van der Waals surface area contributed by atoms with E-state index in [4.69, 9.17) is 0 Å². The van der Waals surface area contributed by atoms with Gasteiger partial charge < -0.3 is 10.1 Å². The fourth-order valence-corrected chi connectivity index (χ4v) is 2.67. The van der Waals surface area contributed by atoms with E-state index < -0.39 is 10.7 Å². The van der Waals surface area contributed by atoms with Gasteiger partial charge in [0, 0.05) is 17.8 Å². The maximum atomic E-state index is 12.0. The summed E-state index contributed by atoms with van der Waals surface area (Å²) in [6.07, 6.45) is 6.73. The normalized spacial score (nSPS) is 11.4. The number of allylic oxidation sites excluding steroid dienone is 2. The fourth-order valence-electron chi connectivity index (χ4n) is 2.67. The van der Waals surface area contributed by atoms with Crippen molar-refractivity contribution in [2.75, 3.05) is 0 Å². The van der Waals surface area contributed by atoms with Crippen LogP contribution in [0.4, 0.5) is 5.69 Å². The van der Waals surface area contributed by atoms with Crippen LogP contribution in [-0.4, -0.2) is 26.6 Å². The van der Waals surface area contributed by atoms with Gasteiger partial charge >= 0.3 is 0 Å². The molecule has 28 heavy (non-hydrogen) atoms. The number of phenolic OH excluding ortho intramolecular Hbond substituents is 1. The second-order valence-corrected chi connectivity index (χ2v) is 6.10. The van der Waals surface area contributed by atoms with E-state index in [2.05, 4.69) is 4.98 Å². The zero-order valence-corrected chi connectivity index (χ0v) is 14.7. The van der Waals surface area contributed by atoms with Crippen molar-refractivity contribution in [2.45, 2.75) is 6.42 Å². The number of aromatic nitrogens is 1. The van der Waals surface area contributed by atoms with Gasteiger partial charge in [0.1, 0.15) is 5.75 Å². The first-order valence-electron chi connectivity index (χ1n) is 8.39. The standard InChI is InChI=1S/C21H16N2O5/c24-17-7-8-21(23(27)28)16(12-17)4-6-19(26)13-18(25)5-2-14-1-3-15-9-10-22-20(15)11-14/h1-12,22,24H,13H2. The first-order valence-corrected chi connectivity index (χ1v) is 8.39. The number of benzene rings is 2. The third-order valence-electron chi connectivity index (χ3n) is 4.05. The smallest absolute Gasteiger partial charge is 0.276 e.